The Morgan fingerprint density at radius 3 is 2.55 bits per heavy atom. The topological polar surface area (TPSA) is 58.1 Å². The molecule has 0 saturated carbocycles. The third-order valence-corrected chi connectivity index (χ3v) is 6.06. The Bertz CT molecular complexity index is 802. The second kappa shape index (κ2) is 9.51. The number of hydrogen-bond donors (Lipinski definition) is 0. The molecule has 2 aliphatic heterocycles. The van der Waals surface area contributed by atoms with Crippen LogP contribution < -0.4 is 9.64 Å². The molecule has 2 aliphatic rings. The molecule has 0 unspecified atom stereocenters. The van der Waals surface area contributed by atoms with E-state index in [-0.39, 0.29) is 18.3 Å². The van der Waals surface area contributed by atoms with E-state index in [0.717, 1.165) is 56.8 Å². The van der Waals surface area contributed by atoms with E-state index in [9.17, 15) is 9.18 Å². The molecule has 3 heterocycles. The van der Waals surface area contributed by atoms with Crippen molar-refractivity contribution in [2.24, 2.45) is 0 Å². The summed E-state index contributed by atoms with van der Waals surface area (Å²) in [6.07, 6.45) is 0. The number of rotatable bonds is 6. The fourth-order valence-corrected chi connectivity index (χ4v) is 4.29. The molecule has 2 saturated heterocycles. The van der Waals surface area contributed by atoms with Gasteiger partial charge < -0.3 is 19.3 Å². The first-order valence-electron chi connectivity index (χ1n) is 9.83. The van der Waals surface area contributed by atoms with Crippen LogP contribution in [0.2, 0.25) is 0 Å². The van der Waals surface area contributed by atoms with Gasteiger partial charge in [-0.25, -0.2) is 9.37 Å². The number of anilines is 1. The summed E-state index contributed by atoms with van der Waals surface area (Å²) in [7, 11) is 0. The summed E-state index contributed by atoms with van der Waals surface area (Å²) >= 11 is 1.66. The maximum atomic E-state index is 12.9. The molecule has 4 rings (SSSR count). The summed E-state index contributed by atoms with van der Waals surface area (Å²) in [4.78, 5) is 23.6. The molecule has 0 aliphatic carbocycles. The predicted octanol–water partition coefficient (Wildman–Crippen LogP) is 1.84. The average Bonchev–Trinajstić information content (AvgIpc) is 3.22. The molecule has 0 radical (unpaired) electrons. The summed E-state index contributed by atoms with van der Waals surface area (Å²) in [5.41, 5.74) is 1.10. The maximum Gasteiger partial charge on any atom is 0.260 e. The summed E-state index contributed by atoms with van der Waals surface area (Å²) in [5, 5.41) is 3.14. The first-order chi connectivity index (χ1) is 14.2. The maximum absolute atomic E-state index is 12.9. The fourth-order valence-electron chi connectivity index (χ4n) is 3.42. The number of benzene rings is 1. The van der Waals surface area contributed by atoms with Crippen molar-refractivity contribution >= 4 is 22.4 Å². The van der Waals surface area contributed by atoms with E-state index in [0.29, 0.717) is 18.8 Å². The lowest BCUT2D eigenvalue weighted by atomic mass is 10.3. The van der Waals surface area contributed by atoms with E-state index in [1.165, 1.54) is 24.3 Å². The van der Waals surface area contributed by atoms with Crippen molar-refractivity contribution in [2.75, 3.05) is 64.0 Å². The molecule has 0 bridgehead atoms. The highest BCUT2D eigenvalue weighted by molar-refractivity contribution is 7.13. The Hall–Kier alpha value is -2.23. The molecule has 9 heteroatoms. The van der Waals surface area contributed by atoms with E-state index in [4.69, 9.17) is 14.5 Å². The minimum absolute atomic E-state index is 0.0351. The second-order valence-corrected chi connectivity index (χ2v) is 7.96. The molecule has 156 valence electrons. The number of hydrogen-bond acceptors (Lipinski definition) is 7. The number of nitrogens with zero attached hydrogens (tertiary/aromatic N) is 4. The van der Waals surface area contributed by atoms with Gasteiger partial charge in [0.25, 0.3) is 5.91 Å². The van der Waals surface area contributed by atoms with Crippen LogP contribution in [-0.2, 0) is 16.1 Å². The van der Waals surface area contributed by atoms with Crippen LogP contribution >= 0.6 is 11.3 Å². The Balaban J connectivity index is 1.22. The Morgan fingerprint density at radius 1 is 1.10 bits per heavy atom. The largest absolute Gasteiger partial charge is 0.484 e. The van der Waals surface area contributed by atoms with Gasteiger partial charge >= 0.3 is 0 Å². The first-order valence-corrected chi connectivity index (χ1v) is 10.7. The van der Waals surface area contributed by atoms with Gasteiger partial charge in [0, 0.05) is 51.2 Å². The van der Waals surface area contributed by atoms with Crippen LogP contribution in [0.5, 0.6) is 5.75 Å². The Labute approximate surface area is 173 Å². The van der Waals surface area contributed by atoms with Crippen molar-refractivity contribution in [1.29, 1.82) is 0 Å². The van der Waals surface area contributed by atoms with Crippen LogP contribution in [-0.4, -0.2) is 79.8 Å². The van der Waals surface area contributed by atoms with Crippen LogP contribution in [0.3, 0.4) is 0 Å². The van der Waals surface area contributed by atoms with Crippen molar-refractivity contribution in [3.05, 3.63) is 41.2 Å². The number of aromatic nitrogens is 1. The molecule has 2 aromatic rings. The van der Waals surface area contributed by atoms with Crippen molar-refractivity contribution in [1.82, 2.24) is 14.8 Å². The predicted molar refractivity (Wildman–Crippen MR) is 109 cm³/mol. The molecule has 0 N–H and O–H groups in total. The molecular weight excluding hydrogens is 395 g/mol. The van der Waals surface area contributed by atoms with Crippen LogP contribution in [0.15, 0.2) is 29.6 Å². The lowest BCUT2D eigenvalue weighted by Gasteiger charge is -2.34. The highest BCUT2D eigenvalue weighted by Crippen LogP contribution is 2.23. The van der Waals surface area contributed by atoms with Crippen molar-refractivity contribution in [3.8, 4) is 5.75 Å². The number of carbonyl (C=O) groups is 1. The number of morpholine rings is 1. The van der Waals surface area contributed by atoms with E-state index in [1.54, 1.807) is 11.3 Å². The van der Waals surface area contributed by atoms with E-state index < -0.39 is 0 Å². The zero-order valence-electron chi connectivity index (χ0n) is 16.3. The van der Waals surface area contributed by atoms with Crippen LogP contribution in [0, 0.1) is 5.82 Å². The second-order valence-electron chi connectivity index (χ2n) is 7.12. The van der Waals surface area contributed by atoms with Gasteiger partial charge in [0.2, 0.25) is 0 Å². The van der Waals surface area contributed by atoms with Gasteiger partial charge in [0.15, 0.2) is 11.7 Å². The SMILES string of the molecule is O=C(COc1ccc(F)cc1)N1CCN(c2nc(CN3CCOCC3)cs2)CC1. The van der Waals surface area contributed by atoms with Crippen LogP contribution in [0.25, 0.3) is 0 Å². The Kier molecular flexibility index (Phi) is 6.58. The smallest absolute Gasteiger partial charge is 0.260 e. The number of amides is 1. The van der Waals surface area contributed by atoms with Gasteiger partial charge in [-0.1, -0.05) is 0 Å². The lowest BCUT2D eigenvalue weighted by Crippen LogP contribution is -2.50. The van der Waals surface area contributed by atoms with E-state index in [1.807, 2.05) is 4.90 Å². The van der Waals surface area contributed by atoms with Crippen LogP contribution in [0.4, 0.5) is 9.52 Å². The van der Waals surface area contributed by atoms with Gasteiger partial charge in [-0.15, -0.1) is 11.3 Å². The van der Waals surface area contributed by atoms with E-state index >= 15 is 0 Å². The minimum Gasteiger partial charge on any atom is -0.484 e. The van der Waals surface area contributed by atoms with Gasteiger partial charge in [0.05, 0.1) is 18.9 Å². The normalized spacial score (nSPS) is 18.1. The van der Waals surface area contributed by atoms with E-state index in [2.05, 4.69) is 15.2 Å². The standard InChI is InChI=1S/C20H25FN4O3S/c21-16-1-3-18(4-2-16)28-14-19(26)24-5-7-25(8-6-24)20-22-17(15-29-20)13-23-9-11-27-12-10-23/h1-4,15H,5-14H2. The molecule has 1 aromatic carbocycles. The third kappa shape index (κ3) is 5.43. The molecular formula is C20H25FN4O3S. The Morgan fingerprint density at radius 2 is 1.83 bits per heavy atom. The minimum atomic E-state index is -0.324. The molecule has 1 aromatic heterocycles. The van der Waals surface area contributed by atoms with Crippen molar-refractivity contribution in [3.63, 3.8) is 0 Å². The molecule has 0 spiro atoms. The number of ether oxygens (including phenoxy) is 2. The highest BCUT2D eigenvalue weighted by Gasteiger charge is 2.23. The summed E-state index contributed by atoms with van der Waals surface area (Å²) in [6.45, 7) is 7.11. The van der Waals surface area contributed by atoms with Gasteiger partial charge in [-0.05, 0) is 24.3 Å². The number of halogens is 1. The molecule has 1 amide bonds. The zero-order chi connectivity index (χ0) is 20.1. The average molecular weight is 421 g/mol. The molecule has 0 atom stereocenters. The number of piperazine rings is 1. The summed E-state index contributed by atoms with van der Waals surface area (Å²) < 4.78 is 23.8. The van der Waals surface area contributed by atoms with Crippen molar-refractivity contribution in [2.45, 2.75) is 6.54 Å². The third-order valence-electron chi connectivity index (χ3n) is 5.11. The monoisotopic (exact) mass is 420 g/mol. The number of thiazole rings is 1. The summed E-state index contributed by atoms with van der Waals surface area (Å²) in [6, 6.07) is 5.69. The zero-order valence-corrected chi connectivity index (χ0v) is 17.1. The molecule has 2 fully saturated rings. The first kappa shape index (κ1) is 20.1. The van der Waals surface area contributed by atoms with Gasteiger partial charge in [-0.3, -0.25) is 9.69 Å². The molecule has 29 heavy (non-hydrogen) atoms. The molecule has 7 nitrogen and oxygen atoms in total. The van der Waals surface area contributed by atoms with Crippen molar-refractivity contribution < 1.29 is 18.7 Å². The van der Waals surface area contributed by atoms with Gasteiger partial charge in [-0.2, -0.15) is 0 Å². The highest BCUT2D eigenvalue weighted by atomic mass is 32.1. The summed E-state index contributed by atoms with van der Waals surface area (Å²) in [5.74, 6) is 0.116. The number of carbonyl (C=O) groups excluding carboxylic acids is 1. The fraction of sp³-hybridized carbons (Fsp3) is 0.500. The van der Waals surface area contributed by atoms with Gasteiger partial charge in [0.1, 0.15) is 11.6 Å². The lowest BCUT2D eigenvalue weighted by molar-refractivity contribution is -0.133. The van der Waals surface area contributed by atoms with Crippen LogP contribution in [0.1, 0.15) is 5.69 Å². The quantitative estimate of drug-likeness (QED) is 0.711.